The Hall–Kier alpha value is -1.07. The second-order valence-electron chi connectivity index (χ2n) is 6.83. The van der Waals surface area contributed by atoms with Crippen LogP contribution in [-0.2, 0) is 15.7 Å². The number of hydrogen-bond acceptors (Lipinski definition) is 4. The Morgan fingerprint density at radius 3 is 2.45 bits per heavy atom. The summed E-state index contributed by atoms with van der Waals surface area (Å²) in [5.74, 6) is 1.07. The Kier molecular flexibility index (Phi) is 3.10. The molecule has 108 valence electrons. The molecule has 3 heterocycles. The van der Waals surface area contributed by atoms with Crippen molar-refractivity contribution in [1.82, 2.24) is 4.98 Å². The lowest BCUT2D eigenvalue weighted by Crippen LogP contribution is -2.41. The topological polar surface area (TPSA) is 34.6 Å². The van der Waals surface area contributed by atoms with Gasteiger partial charge in [-0.25, -0.2) is 4.98 Å². The van der Waals surface area contributed by atoms with Crippen molar-refractivity contribution in [3.8, 4) is 0 Å². The van der Waals surface area contributed by atoms with Crippen LogP contribution in [0.15, 0.2) is 12.1 Å². The zero-order valence-corrected chi connectivity index (χ0v) is 13.1. The molecule has 1 aromatic heterocycles. The molecular weight excluding hydrogens is 251 g/mol. The van der Waals surface area contributed by atoms with Gasteiger partial charge in [0.05, 0.1) is 16.8 Å². The first-order valence-corrected chi connectivity index (χ1v) is 7.37. The maximum Gasteiger partial charge on any atom is 0.514 e. The Bertz CT molecular complexity index is 515. The minimum atomic E-state index is -0.374. The lowest BCUT2D eigenvalue weighted by atomic mass is 9.83. The second kappa shape index (κ2) is 4.47. The number of fused-ring (bicyclic) bond motifs is 1. The molecule has 20 heavy (non-hydrogen) atoms. The van der Waals surface area contributed by atoms with Gasteiger partial charge in [0.2, 0.25) is 0 Å². The summed E-state index contributed by atoms with van der Waals surface area (Å²) in [6.07, 6.45) is 2.30. The highest BCUT2D eigenvalue weighted by Gasteiger charge is 2.52. The zero-order valence-electron chi connectivity index (χ0n) is 13.1. The molecule has 1 saturated heterocycles. The van der Waals surface area contributed by atoms with Gasteiger partial charge >= 0.3 is 7.12 Å². The summed E-state index contributed by atoms with van der Waals surface area (Å²) in [5.41, 5.74) is 1.55. The number of rotatable bonds is 1. The molecule has 4 nitrogen and oxygen atoms in total. The van der Waals surface area contributed by atoms with Gasteiger partial charge in [0.1, 0.15) is 5.82 Å². The van der Waals surface area contributed by atoms with Gasteiger partial charge in [-0.1, -0.05) is 6.07 Å². The van der Waals surface area contributed by atoms with Crippen LogP contribution in [0.3, 0.4) is 0 Å². The van der Waals surface area contributed by atoms with E-state index in [4.69, 9.17) is 14.3 Å². The van der Waals surface area contributed by atoms with Crippen LogP contribution >= 0.6 is 0 Å². The summed E-state index contributed by atoms with van der Waals surface area (Å²) >= 11 is 0. The van der Waals surface area contributed by atoms with Crippen molar-refractivity contribution >= 4 is 18.5 Å². The van der Waals surface area contributed by atoms with Gasteiger partial charge in [0.15, 0.2) is 0 Å². The molecule has 3 rings (SSSR count). The number of aryl methyl sites for hydroxylation is 1. The van der Waals surface area contributed by atoms with Crippen molar-refractivity contribution in [3.63, 3.8) is 0 Å². The summed E-state index contributed by atoms with van der Waals surface area (Å²) in [5, 5.41) is 0. The largest absolute Gasteiger partial charge is 0.514 e. The van der Waals surface area contributed by atoms with E-state index >= 15 is 0 Å². The van der Waals surface area contributed by atoms with Gasteiger partial charge in [-0.2, -0.15) is 0 Å². The standard InChI is InChI=1S/C15H23BN2O2/c1-14(2)15(3,4)20-16(19-14)12-9-8-11-7-6-10-18(5)13(11)17-12/h8-9H,6-7,10H2,1-5H3. The predicted octanol–water partition coefficient (Wildman–Crippen LogP) is 1.76. The van der Waals surface area contributed by atoms with Crippen LogP contribution < -0.4 is 10.5 Å². The van der Waals surface area contributed by atoms with E-state index in [0.717, 1.165) is 24.4 Å². The Morgan fingerprint density at radius 2 is 1.80 bits per heavy atom. The molecule has 0 bridgehead atoms. The lowest BCUT2D eigenvalue weighted by Gasteiger charge is -2.32. The number of hydrogen-bond donors (Lipinski definition) is 0. The van der Waals surface area contributed by atoms with Crippen LogP contribution in [0.25, 0.3) is 0 Å². The maximum absolute atomic E-state index is 6.07. The fourth-order valence-corrected chi connectivity index (χ4v) is 2.73. The third kappa shape index (κ3) is 2.13. The van der Waals surface area contributed by atoms with Gasteiger partial charge < -0.3 is 14.2 Å². The molecule has 1 fully saturated rings. The van der Waals surface area contributed by atoms with E-state index < -0.39 is 0 Å². The molecule has 2 aliphatic rings. The molecule has 0 saturated carbocycles. The van der Waals surface area contributed by atoms with Crippen LogP contribution in [0.5, 0.6) is 0 Å². The highest BCUT2D eigenvalue weighted by molar-refractivity contribution is 6.61. The summed E-state index contributed by atoms with van der Waals surface area (Å²) < 4.78 is 12.1. The average molecular weight is 274 g/mol. The van der Waals surface area contributed by atoms with E-state index in [0.29, 0.717) is 0 Å². The third-order valence-electron chi connectivity index (χ3n) is 4.77. The van der Waals surface area contributed by atoms with Gasteiger partial charge in [0.25, 0.3) is 0 Å². The number of pyridine rings is 1. The first-order chi connectivity index (χ1) is 9.30. The van der Waals surface area contributed by atoms with E-state index in [2.05, 4.69) is 45.7 Å². The van der Waals surface area contributed by atoms with Crippen molar-refractivity contribution < 1.29 is 9.31 Å². The predicted molar refractivity (Wildman–Crippen MR) is 81.5 cm³/mol. The molecule has 0 aromatic carbocycles. The van der Waals surface area contributed by atoms with E-state index in [9.17, 15) is 0 Å². The normalized spacial score (nSPS) is 23.9. The SMILES string of the molecule is CN1CCCc2ccc(B3OC(C)(C)C(C)(C)O3)nc21. The highest BCUT2D eigenvalue weighted by atomic mass is 16.7. The number of aromatic nitrogens is 1. The van der Waals surface area contributed by atoms with Crippen molar-refractivity contribution in [2.24, 2.45) is 0 Å². The molecule has 0 unspecified atom stereocenters. The minimum absolute atomic E-state index is 0.318. The second-order valence-corrected chi connectivity index (χ2v) is 6.83. The summed E-state index contributed by atoms with van der Waals surface area (Å²) in [4.78, 5) is 7.00. The Labute approximate surface area is 121 Å². The quantitative estimate of drug-likeness (QED) is 0.731. The molecule has 2 aliphatic heterocycles. The van der Waals surface area contributed by atoms with Crippen molar-refractivity contribution in [1.29, 1.82) is 0 Å². The zero-order chi connectivity index (χ0) is 14.5. The molecule has 0 radical (unpaired) electrons. The van der Waals surface area contributed by atoms with Crippen molar-refractivity contribution in [2.45, 2.75) is 51.7 Å². The van der Waals surface area contributed by atoms with Gasteiger partial charge in [0, 0.05) is 13.6 Å². The molecule has 0 atom stereocenters. The molecule has 0 amide bonds. The Morgan fingerprint density at radius 1 is 1.15 bits per heavy atom. The van der Waals surface area contributed by atoms with E-state index in [1.165, 1.54) is 12.0 Å². The molecule has 0 N–H and O–H groups in total. The molecular formula is C15H23BN2O2. The Balaban J connectivity index is 1.91. The monoisotopic (exact) mass is 274 g/mol. The van der Waals surface area contributed by atoms with Gasteiger partial charge in [-0.15, -0.1) is 0 Å². The molecule has 5 heteroatoms. The highest BCUT2D eigenvalue weighted by Crippen LogP contribution is 2.36. The minimum Gasteiger partial charge on any atom is -0.398 e. The molecule has 1 aromatic rings. The van der Waals surface area contributed by atoms with Crippen molar-refractivity contribution in [3.05, 3.63) is 17.7 Å². The van der Waals surface area contributed by atoms with Crippen LogP contribution in [0, 0.1) is 0 Å². The summed E-state index contributed by atoms with van der Waals surface area (Å²) in [7, 11) is 1.72. The molecule has 0 spiro atoms. The maximum atomic E-state index is 6.07. The lowest BCUT2D eigenvalue weighted by molar-refractivity contribution is 0.00578. The van der Waals surface area contributed by atoms with E-state index in [1.54, 1.807) is 0 Å². The molecule has 0 aliphatic carbocycles. The smallest absolute Gasteiger partial charge is 0.398 e. The van der Waals surface area contributed by atoms with Crippen molar-refractivity contribution in [2.75, 3.05) is 18.5 Å². The fourth-order valence-electron chi connectivity index (χ4n) is 2.73. The number of nitrogens with zero attached hydrogens (tertiary/aromatic N) is 2. The summed E-state index contributed by atoms with van der Waals surface area (Å²) in [6, 6.07) is 4.21. The van der Waals surface area contributed by atoms with E-state index in [1.807, 2.05) is 6.07 Å². The van der Waals surface area contributed by atoms with Crippen LogP contribution in [-0.4, -0.2) is 36.9 Å². The van der Waals surface area contributed by atoms with Gasteiger partial charge in [-0.05, 0) is 52.2 Å². The van der Waals surface area contributed by atoms with Crippen LogP contribution in [0.4, 0.5) is 5.82 Å². The van der Waals surface area contributed by atoms with Crippen LogP contribution in [0.2, 0.25) is 0 Å². The first-order valence-electron chi connectivity index (χ1n) is 7.37. The van der Waals surface area contributed by atoms with Gasteiger partial charge in [-0.3, -0.25) is 0 Å². The third-order valence-corrected chi connectivity index (χ3v) is 4.77. The van der Waals surface area contributed by atoms with E-state index in [-0.39, 0.29) is 18.3 Å². The summed E-state index contributed by atoms with van der Waals surface area (Å²) in [6.45, 7) is 9.33. The fraction of sp³-hybridized carbons (Fsp3) is 0.667. The average Bonchev–Trinajstić information content (AvgIpc) is 2.59. The van der Waals surface area contributed by atoms with Crippen LogP contribution in [0.1, 0.15) is 39.7 Å². The number of anilines is 1. The first kappa shape index (κ1) is 13.9.